The number of fused-ring (bicyclic) bond motifs is 1. The van der Waals surface area contributed by atoms with Crippen LogP contribution in [0.2, 0.25) is 0 Å². The number of azo groups is 1. The van der Waals surface area contributed by atoms with Crippen LogP contribution in [0.25, 0.3) is 10.9 Å². The van der Waals surface area contributed by atoms with Gasteiger partial charge in [0.15, 0.2) is 5.69 Å². The highest BCUT2D eigenvalue weighted by atomic mass is 79.9. The highest BCUT2D eigenvalue weighted by Gasteiger charge is 2.15. The first-order valence-corrected chi connectivity index (χ1v) is 7.79. The van der Waals surface area contributed by atoms with E-state index in [0.717, 1.165) is 21.1 Å². The zero-order chi connectivity index (χ0) is 16.6. The van der Waals surface area contributed by atoms with E-state index in [-0.39, 0.29) is 11.6 Å². The standard InChI is InChI=1S/C17H14BrN3O2/c1-9-3-6-11(7-4-9)16(22)21-20-15-13-12(19-17(15)23)8-5-10(2)14(13)18/h3-8,19,23H,1-2H3. The van der Waals surface area contributed by atoms with Crippen LogP contribution < -0.4 is 0 Å². The summed E-state index contributed by atoms with van der Waals surface area (Å²) >= 11 is 3.49. The Morgan fingerprint density at radius 3 is 2.52 bits per heavy atom. The van der Waals surface area contributed by atoms with Gasteiger partial charge in [-0.05, 0) is 53.5 Å². The molecule has 2 N–H and O–H groups in total. The molecule has 2 aromatic carbocycles. The van der Waals surface area contributed by atoms with Gasteiger partial charge in [-0.1, -0.05) is 23.8 Å². The summed E-state index contributed by atoms with van der Waals surface area (Å²) in [6.45, 7) is 3.88. The minimum absolute atomic E-state index is 0.119. The molecule has 3 aromatic rings. The van der Waals surface area contributed by atoms with Crippen LogP contribution in [-0.2, 0) is 0 Å². The van der Waals surface area contributed by atoms with Crippen LogP contribution in [0.15, 0.2) is 51.1 Å². The molecule has 0 aliphatic carbocycles. The molecule has 1 heterocycles. The van der Waals surface area contributed by atoms with Gasteiger partial charge in [0.25, 0.3) is 5.91 Å². The Hall–Kier alpha value is -2.47. The summed E-state index contributed by atoms with van der Waals surface area (Å²) in [5.74, 6) is -0.575. The van der Waals surface area contributed by atoms with E-state index in [1.165, 1.54) is 0 Å². The molecule has 0 saturated carbocycles. The SMILES string of the molecule is Cc1ccc(C(=O)N=Nc2c(O)[nH]c3ccc(C)c(Br)c23)cc1. The molecule has 0 radical (unpaired) electrons. The van der Waals surface area contributed by atoms with Crippen LogP contribution in [0.1, 0.15) is 21.5 Å². The van der Waals surface area contributed by atoms with Crippen LogP contribution in [0.5, 0.6) is 5.88 Å². The number of halogens is 1. The number of nitrogens with zero attached hydrogens (tertiary/aromatic N) is 2. The van der Waals surface area contributed by atoms with Crippen molar-refractivity contribution >= 4 is 38.4 Å². The molecule has 0 saturated heterocycles. The fourth-order valence-electron chi connectivity index (χ4n) is 2.27. The number of aromatic hydroxyl groups is 1. The lowest BCUT2D eigenvalue weighted by Crippen LogP contribution is -1.92. The highest BCUT2D eigenvalue weighted by molar-refractivity contribution is 9.10. The van der Waals surface area contributed by atoms with Crippen molar-refractivity contribution < 1.29 is 9.90 Å². The summed E-state index contributed by atoms with van der Waals surface area (Å²) in [5.41, 5.74) is 3.48. The van der Waals surface area contributed by atoms with Crippen molar-refractivity contribution in [2.45, 2.75) is 13.8 Å². The Bertz CT molecular complexity index is 927. The summed E-state index contributed by atoms with van der Waals surface area (Å²) < 4.78 is 0.809. The lowest BCUT2D eigenvalue weighted by molar-refractivity contribution is 0.0995. The third-order valence-electron chi connectivity index (χ3n) is 3.59. The number of benzene rings is 2. The van der Waals surface area contributed by atoms with Gasteiger partial charge in [0.05, 0.1) is 5.52 Å². The van der Waals surface area contributed by atoms with Gasteiger partial charge in [-0.3, -0.25) is 4.79 Å². The van der Waals surface area contributed by atoms with Gasteiger partial charge in [0.1, 0.15) is 0 Å². The first-order chi connectivity index (χ1) is 11.0. The lowest BCUT2D eigenvalue weighted by Gasteiger charge is -2.00. The van der Waals surface area contributed by atoms with Crippen LogP contribution in [0, 0.1) is 13.8 Å². The van der Waals surface area contributed by atoms with Crippen molar-refractivity contribution in [1.29, 1.82) is 0 Å². The summed E-state index contributed by atoms with van der Waals surface area (Å²) in [4.78, 5) is 14.9. The van der Waals surface area contributed by atoms with E-state index in [4.69, 9.17) is 0 Å². The molecule has 0 unspecified atom stereocenters. The highest BCUT2D eigenvalue weighted by Crippen LogP contribution is 2.41. The number of hydrogen-bond donors (Lipinski definition) is 2. The third-order valence-corrected chi connectivity index (χ3v) is 4.61. The first kappa shape index (κ1) is 15.4. The normalized spacial score (nSPS) is 11.4. The Kier molecular flexibility index (Phi) is 4.00. The van der Waals surface area contributed by atoms with Gasteiger partial charge < -0.3 is 10.1 Å². The van der Waals surface area contributed by atoms with Crippen molar-refractivity contribution in [3.63, 3.8) is 0 Å². The molecule has 116 valence electrons. The van der Waals surface area contributed by atoms with E-state index < -0.39 is 5.91 Å². The molecule has 0 spiro atoms. The number of amides is 1. The molecule has 0 atom stereocenters. The molecular formula is C17H14BrN3O2. The monoisotopic (exact) mass is 371 g/mol. The number of carbonyl (C=O) groups is 1. The fourth-order valence-corrected chi connectivity index (χ4v) is 2.80. The molecule has 23 heavy (non-hydrogen) atoms. The average molecular weight is 372 g/mol. The van der Waals surface area contributed by atoms with Crippen LogP contribution >= 0.6 is 15.9 Å². The number of aromatic amines is 1. The number of hydrogen-bond acceptors (Lipinski definition) is 3. The molecule has 0 aliphatic rings. The minimum Gasteiger partial charge on any atom is -0.493 e. The van der Waals surface area contributed by atoms with Gasteiger partial charge in [-0.2, -0.15) is 0 Å². The molecule has 3 rings (SSSR count). The number of carbonyl (C=O) groups excluding carboxylic acids is 1. The predicted molar refractivity (Wildman–Crippen MR) is 92.4 cm³/mol. The Morgan fingerprint density at radius 1 is 1.13 bits per heavy atom. The van der Waals surface area contributed by atoms with Gasteiger partial charge in [-0.25, -0.2) is 0 Å². The largest absolute Gasteiger partial charge is 0.493 e. The van der Waals surface area contributed by atoms with Gasteiger partial charge in [-0.15, -0.1) is 10.2 Å². The average Bonchev–Trinajstić information content (AvgIpc) is 2.85. The third kappa shape index (κ3) is 2.90. The summed E-state index contributed by atoms with van der Waals surface area (Å²) in [6, 6.07) is 10.8. The second-order valence-electron chi connectivity index (χ2n) is 5.31. The molecule has 1 aromatic heterocycles. The summed E-state index contributed by atoms with van der Waals surface area (Å²) in [5, 5.41) is 18.4. The van der Waals surface area contributed by atoms with Crippen LogP contribution in [-0.4, -0.2) is 16.0 Å². The topological polar surface area (TPSA) is 77.8 Å². The van der Waals surface area contributed by atoms with Gasteiger partial charge in [0, 0.05) is 15.4 Å². The zero-order valence-corrected chi connectivity index (χ0v) is 14.2. The van der Waals surface area contributed by atoms with Crippen LogP contribution in [0.3, 0.4) is 0 Å². The lowest BCUT2D eigenvalue weighted by atomic mass is 10.1. The van der Waals surface area contributed by atoms with Crippen molar-refractivity contribution in [3.05, 3.63) is 57.6 Å². The fraction of sp³-hybridized carbons (Fsp3) is 0.118. The van der Waals surface area contributed by atoms with Crippen molar-refractivity contribution in [3.8, 4) is 5.88 Å². The number of nitrogens with one attached hydrogen (secondary N) is 1. The smallest absolute Gasteiger partial charge is 0.295 e. The molecule has 6 heteroatoms. The Morgan fingerprint density at radius 2 is 1.83 bits per heavy atom. The predicted octanol–water partition coefficient (Wildman–Crippen LogP) is 5.18. The van der Waals surface area contributed by atoms with Crippen molar-refractivity contribution in [2.24, 2.45) is 10.2 Å². The van der Waals surface area contributed by atoms with Crippen molar-refractivity contribution in [1.82, 2.24) is 4.98 Å². The van der Waals surface area contributed by atoms with E-state index in [1.54, 1.807) is 12.1 Å². The second kappa shape index (κ2) is 5.96. The Labute approximate surface area is 141 Å². The molecular weight excluding hydrogens is 358 g/mol. The second-order valence-corrected chi connectivity index (χ2v) is 6.11. The molecule has 0 bridgehead atoms. The number of aromatic nitrogens is 1. The minimum atomic E-state index is -0.456. The van der Waals surface area contributed by atoms with Crippen LogP contribution in [0.4, 0.5) is 5.69 Å². The zero-order valence-electron chi connectivity index (χ0n) is 12.6. The van der Waals surface area contributed by atoms with E-state index in [1.807, 2.05) is 38.1 Å². The van der Waals surface area contributed by atoms with Gasteiger partial charge >= 0.3 is 0 Å². The maximum absolute atomic E-state index is 12.1. The van der Waals surface area contributed by atoms with E-state index in [0.29, 0.717) is 10.9 Å². The van der Waals surface area contributed by atoms with Gasteiger partial charge in [0.2, 0.25) is 5.88 Å². The molecule has 0 fully saturated rings. The number of aryl methyl sites for hydroxylation is 2. The maximum Gasteiger partial charge on any atom is 0.295 e. The molecule has 1 amide bonds. The number of H-pyrrole nitrogens is 1. The molecule has 5 nitrogen and oxygen atoms in total. The first-order valence-electron chi connectivity index (χ1n) is 7.00. The maximum atomic E-state index is 12.1. The summed E-state index contributed by atoms with van der Waals surface area (Å²) in [7, 11) is 0. The summed E-state index contributed by atoms with van der Waals surface area (Å²) in [6.07, 6.45) is 0. The van der Waals surface area contributed by atoms with E-state index >= 15 is 0 Å². The Balaban J connectivity index is 2.01. The van der Waals surface area contributed by atoms with E-state index in [2.05, 4.69) is 31.1 Å². The number of rotatable bonds is 2. The quantitative estimate of drug-likeness (QED) is 0.608. The van der Waals surface area contributed by atoms with Crippen molar-refractivity contribution in [2.75, 3.05) is 0 Å². The van der Waals surface area contributed by atoms with E-state index in [9.17, 15) is 9.90 Å². The molecule has 0 aliphatic heterocycles.